The summed E-state index contributed by atoms with van der Waals surface area (Å²) in [5.74, 6) is 2.35. The summed E-state index contributed by atoms with van der Waals surface area (Å²) in [6, 6.07) is -0.281. The monoisotopic (exact) mass is 1200 g/mol. The van der Waals surface area contributed by atoms with Crippen LogP contribution in [0.4, 0.5) is 11.6 Å². The fraction of sp³-hybridized carbons (Fsp3) is 0.451. The van der Waals surface area contributed by atoms with Gasteiger partial charge in [-0.2, -0.15) is 4.98 Å². The van der Waals surface area contributed by atoms with Gasteiger partial charge >= 0.3 is 0 Å². The lowest BCUT2D eigenvalue weighted by molar-refractivity contribution is 0.526. The Balaban J connectivity index is 0.000000193. The van der Waals surface area contributed by atoms with E-state index in [0.29, 0.717) is 64.5 Å². The fourth-order valence-electron chi connectivity index (χ4n) is 7.92. The highest BCUT2D eigenvalue weighted by Crippen LogP contribution is 2.44. The summed E-state index contributed by atoms with van der Waals surface area (Å²) in [6.07, 6.45) is 17.5. The maximum Gasteiger partial charge on any atom is 0.295 e. The number of rotatable bonds is 17. The molecule has 2 fully saturated rings. The first-order valence-electron chi connectivity index (χ1n) is 25.4. The van der Waals surface area contributed by atoms with E-state index in [0.717, 1.165) is 40.0 Å². The Morgan fingerprint density at radius 2 is 1.03 bits per heavy atom. The molecule has 0 unspecified atom stereocenters. The minimum Gasteiger partial charge on any atom is -0.358 e. The van der Waals surface area contributed by atoms with E-state index in [1.165, 1.54) is 54.1 Å². The second-order valence-corrected chi connectivity index (χ2v) is 24.3. The van der Waals surface area contributed by atoms with Gasteiger partial charge in [-0.3, -0.25) is 18.7 Å². The maximum atomic E-state index is 13.6. The van der Waals surface area contributed by atoms with E-state index in [1.54, 1.807) is 37.3 Å². The van der Waals surface area contributed by atoms with Gasteiger partial charge in [-0.25, -0.2) is 81.6 Å². The molecule has 0 aromatic carbocycles. The number of nitrogens with one attached hydrogen (secondary N) is 2. The smallest absolute Gasteiger partial charge is 0.295 e. The van der Waals surface area contributed by atoms with Crippen molar-refractivity contribution in [1.82, 2.24) is 78.9 Å². The van der Waals surface area contributed by atoms with Crippen molar-refractivity contribution in [2.75, 3.05) is 22.1 Å². The summed E-state index contributed by atoms with van der Waals surface area (Å²) in [4.78, 5) is 86.5. The van der Waals surface area contributed by atoms with Crippen LogP contribution in [0, 0.1) is 13.8 Å². The average Bonchev–Trinajstić information content (AvgIpc) is 4.48. The number of aromatic nitrogens is 16. The molecule has 2 aliphatic rings. The second kappa shape index (κ2) is 25.4. The maximum absolute atomic E-state index is 13.6. The van der Waals surface area contributed by atoms with Gasteiger partial charge in [0.1, 0.15) is 45.1 Å². The first-order valence-corrected chi connectivity index (χ1v) is 29.8. The first kappa shape index (κ1) is 59.7. The highest BCUT2D eigenvalue weighted by Gasteiger charge is 2.31. The molecule has 0 spiro atoms. The van der Waals surface area contributed by atoms with Gasteiger partial charge in [0.15, 0.2) is 48.4 Å². The molecule has 0 bridgehead atoms. The van der Waals surface area contributed by atoms with Crippen molar-refractivity contribution >= 4 is 81.2 Å². The van der Waals surface area contributed by atoms with Crippen LogP contribution in [0.2, 0.25) is 5.28 Å². The van der Waals surface area contributed by atoms with Crippen LogP contribution in [0.1, 0.15) is 146 Å². The van der Waals surface area contributed by atoms with Gasteiger partial charge in [-0.1, -0.05) is 35.1 Å². The van der Waals surface area contributed by atoms with Crippen molar-refractivity contribution in [2.24, 2.45) is 0 Å². The van der Waals surface area contributed by atoms with E-state index in [-0.39, 0.29) is 81.9 Å². The molecule has 8 aromatic rings. The number of anilines is 2. The molecule has 418 valence electrons. The standard InChI is InChI=1S/C25H29N9O3S.C17H20ClN7O3S.C8H9BrN2.CH4/c1-5-14(3)34-24-18(11-28-22(33-24)20-15(4)30-13-31-21(20)16-7-8-16)32-23(25(34)35)29-12-19-26-9-17(10-27-19)38(36,37)6-2;1-4-10(3)25-15-12(8-22-17(18)24-15)23-14(16(25)26)21-9-13-19-6-11(7-20-13)29(27,28)5-2;1-5-7(9)8(6-2-3-6)11-4-10-5;/h9-11,13-14,16H,5-8,12H2,1-4H3,(H,29,32);6-8,10H,4-5,9H2,1-3H3,(H,21,23);4,6H,2-3H2,1H3;1H4/t14-;10-;;/m00../s1. The zero-order valence-electron chi connectivity index (χ0n) is 44.2. The fourth-order valence-corrected chi connectivity index (χ4v) is 10.1. The molecule has 10 rings (SSSR count). The molecule has 2 saturated carbocycles. The normalized spacial score (nSPS) is 14.1. The summed E-state index contributed by atoms with van der Waals surface area (Å²) >= 11 is 9.38. The molecule has 0 radical (unpaired) electrons. The molecule has 8 heterocycles. The number of hydrogen-bond acceptors (Lipinski definition) is 22. The van der Waals surface area contributed by atoms with Crippen molar-refractivity contribution in [3.05, 3.63) is 115 Å². The third-order valence-electron chi connectivity index (χ3n) is 13.2. The van der Waals surface area contributed by atoms with Crippen LogP contribution in [0.15, 0.2) is 73.7 Å². The van der Waals surface area contributed by atoms with Crippen LogP contribution in [0.3, 0.4) is 0 Å². The van der Waals surface area contributed by atoms with Crippen molar-refractivity contribution in [3.8, 4) is 11.4 Å². The summed E-state index contributed by atoms with van der Waals surface area (Å²) in [5.41, 5.74) is 5.78. The summed E-state index contributed by atoms with van der Waals surface area (Å²) in [6.45, 7) is 15.0. The minimum absolute atomic E-state index is 0. The van der Waals surface area contributed by atoms with E-state index in [2.05, 4.69) is 91.4 Å². The Hall–Kier alpha value is -6.97. The number of aryl methyl sites for hydroxylation is 2. The average molecular weight is 1200 g/mol. The first-order chi connectivity index (χ1) is 37.3. The number of halogens is 2. The second-order valence-electron chi connectivity index (χ2n) is 18.6. The lowest BCUT2D eigenvalue weighted by Crippen LogP contribution is -2.28. The van der Waals surface area contributed by atoms with Crippen molar-refractivity contribution in [2.45, 2.75) is 148 Å². The van der Waals surface area contributed by atoms with Crippen LogP contribution in [0.5, 0.6) is 0 Å². The number of hydrogen-bond donors (Lipinski definition) is 2. The van der Waals surface area contributed by atoms with Crippen LogP contribution < -0.4 is 21.8 Å². The third-order valence-corrected chi connectivity index (χ3v) is 17.7. The van der Waals surface area contributed by atoms with Gasteiger partial charge in [0.2, 0.25) is 5.28 Å². The Labute approximate surface area is 470 Å². The summed E-state index contributed by atoms with van der Waals surface area (Å²) < 4.78 is 52.0. The minimum atomic E-state index is -3.39. The van der Waals surface area contributed by atoms with Gasteiger partial charge in [0, 0.05) is 48.7 Å². The van der Waals surface area contributed by atoms with Gasteiger partial charge < -0.3 is 10.6 Å². The molecule has 79 heavy (non-hydrogen) atoms. The topological polar surface area (TPSA) is 317 Å². The van der Waals surface area contributed by atoms with Crippen LogP contribution >= 0.6 is 27.5 Å². The molecule has 2 atom stereocenters. The van der Waals surface area contributed by atoms with Crippen LogP contribution in [0.25, 0.3) is 33.7 Å². The molecule has 2 aliphatic carbocycles. The molecule has 0 amide bonds. The van der Waals surface area contributed by atoms with E-state index >= 15 is 0 Å². The Morgan fingerprint density at radius 1 is 0.595 bits per heavy atom. The lowest BCUT2D eigenvalue weighted by atomic mass is 10.1. The molecule has 28 heteroatoms. The molecule has 8 aromatic heterocycles. The van der Waals surface area contributed by atoms with Gasteiger partial charge in [0.25, 0.3) is 11.1 Å². The van der Waals surface area contributed by atoms with Crippen molar-refractivity contribution in [1.29, 1.82) is 0 Å². The Bertz CT molecular complexity index is 3850. The molecule has 0 saturated heterocycles. The molecule has 24 nitrogen and oxygen atoms in total. The highest BCUT2D eigenvalue weighted by atomic mass is 79.9. The van der Waals surface area contributed by atoms with E-state index in [4.69, 9.17) is 16.6 Å². The molecular weight excluding hydrogens is 1140 g/mol. The Kier molecular flexibility index (Phi) is 19.2. The molecule has 0 aliphatic heterocycles. The zero-order chi connectivity index (χ0) is 56.1. The van der Waals surface area contributed by atoms with Crippen LogP contribution in [-0.2, 0) is 32.8 Å². The van der Waals surface area contributed by atoms with Gasteiger partial charge in [-0.05, 0) is 93.8 Å². The molecular formula is C51H62BrClN18O6S2. The predicted octanol–water partition coefficient (Wildman–Crippen LogP) is 8.06. The third kappa shape index (κ3) is 13.7. The van der Waals surface area contributed by atoms with Crippen molar-refractivity contribution < 1.29 is 16.8 Å². The number of fused-ring (bicyclic) bond motifs is 2. The SMILES string of the molecule is C.CC[C@H](C)n1c(=O)c(NCc2ncc(S(=O)(=O)CC)cn2)nc2cnc(-c3c(C)ncnc3C3CC3)nc21.CC[C@H](C)n1c(=O)c(NCc2ncc(S(=O)(=O)CC)cn2)nc2cnc(Cl)nc21.Cc1ncnc(C2CC2)c1Br. The number of sulfone groups is 2. The summed E-state index contributed by atoms with van der Waals surface area (Å²) in [7, 11) is -6.77. The molecule has 2 N–H and O–H groups in total. The summed E-state index contributed by atoms with van der Waals surface area (Å²) in [5, 5.41) is 5.96. The van der Waals surface area contributed by atoms with Gasteiger partial charge in [0.05, 0.1) is 69.8 Å². The zero-order valence-corrected chi connectivity index (χ0v) is 48.2. The van der Waals surface area contributed by atoms with E-state index in [9.17, 15) is 26.4 Å². The van der Waals surface area contributed by atoms with E-state index in [1.807, 2.05) is 41.5 Å². The van der Waals surface area contributed by atoms with E-state index < -0.39 is 19.7 Å². The predicted molar refractivity (Wildman–Crippen MR) is 303 cm³/mol. The quantitative estimate of drug-likeness (QED) is 0.0814. The highest BCUT2D eigenvalue weighted by molar-refractivity contribution is 9.10. The Morgan fingerprint density at radius 3 is 1.48 bits per heavy atom. The van der Waals surface area contributed by atoms with Gasteiger partial charge in [-0.15, -0.1) is 0 Å². The lowest BCUT2D eigenvalue weighted by Gasteiger charge is -2.18. The number of nitrogens with zero attached hydrogens (tertiary/aromatic N) is 16. The van der Waals surface area contributed by atoms with Crippen LogP contribution in [-0.4, -0.2) is 107 Å². The van der Waals surface area contributed by atoms with Crippen molar-refractivity contribution in [3.63, 3.8) is 0 Å². The largest absolute Gasteiger partial charge is 0.358 e.